The van der Waals surface area contributed by atoms with Gasteiger partial charge in [0, 0.05) is 12.0 Å². The van der Waals surface area contributed by atoms with E-state index in [4.69, 9.17) is 0 Å². The number of nitrogens with zero attached hydrogens (tertiary/aromatic N) is 1. The van der Waals surface area contributed by atoms with Gasteiger partial charge in [-0.15, -0.1) is 0 Å². The Kier molecular flexibility index (Phi) is 8.14. The maximum atomic E-state index is 11.3. The Balaban J connectivity index is 1.83. The average Bonchev–Trinajstić information content (AvgIpc) is 2.77. The summed E-state index contributed by atoms with van der Waals surface area (Å²) in [7, 11) is -1.88. The number of benzene rings is 3. The van der Waals surface area contributed by atoms with Crippen LogP contribution in [0.4, 0.5) is 17.1 Å². The fraction of sp³-hybridized carbons (Fsp3) is 0.280. The van der Waals surface area contributed by atoms with Crippen LogP contribution < -0.4 is 4.48 Å². The molecule has 30 heavy (non-hydrogen) atoms. The summed E-state index contributed by atoms with van der Waals surface area (Å²) in [5.41, 5.74) is 3.76. The SMILES string of the molecule is CS(=O)(=O)SCCCCCC[N+](c1ccccc1)(c1ccccc1)c1ccccc1. The molecule has 0 amide bonds. The molecule has 3 rings (SSSR count). The lowest BCUT2D eigenvalue weighted by Crippen LogP contribution is -2.39. The molecule has 158 valence electrons. The van der Waals surface area contributed by atoms with Crippen LogP contribution in [0.3, 0.4) is 0 Å². The molecular weight excluding hydrogens is 410 g/mol. The predicted octanol–water partition coefficient (Wildman–Crippen LogP) is 6.91. The molecule has 0 aliphatic heterocycles. The van der Waals surface area contributed by atoms with E-state index < -0.39 is 8.87 Å². The summed E-state index contributed by atoms with van der Waals surface area (Å²) >= 11 is 0. The quantitative estimate of drug-likeness (QED) is 0.184. The van der Waals surface area contributed by atoms with Gasteiger partial charge in [0.2, 0.25) is 0 Å². The van der Waals surface area contributed by atoms with Crippen LogP contribution in [0.1, 0.15) is 25.7 Å². The Hall–Kier alpha value is -2.08. The first-order chi connectivity index (χ1) is 14.5. The first kappa shape index (κ1) is 22.6. The zero-order chi connectivity index (χ0) is 21.3. The van der Waals surface area contributed by atoms with Gasteiger partial charge in [0.1, 0.15) is 17.1 Å². The highest BCUT2D eigenvalue weighted by Gasteiger charge is 2.35. The van der Waals surface area contributed by atoms with Gasteiger partial charge >= 0.3 is 0 Å². The number of hydrogen-bond acceptors (Lipinski definition) is 3. The first-order valence-corrected chi connectivity index (χ1v) is 13.8. The summed E-state index contributed by atoms with van der Waals surface area (Å²) in [6.45, 7) is 0.956. The minimum atomic E-state index is -2.93. The van der Waals surface area contributed by atoms with Gasteiger partial charge in [-0.25, -0.2) is 12.9 Å². The van der Waals surface area contributed by atoms with Crippen molar-refractivity contribution in [2.24, 2.45) is 0 Å². The van der Waals surface area contributed by atoms with E-state index in [1.807, 2.05) is 0 Å². The van der Waals surface area contributed by atoms with Crippen LogP contribution in [-0.4, -0.2) is 27.0 Å². The van der Waals surface area contributed by atoms with Crippen molar-refractivity contribution in [2.45, 2.75) is 25.7 Å². The number of unbranched alkanes of at least 4 members (excludes halogenated alkanes) is 3. The van der Waals surface area contributed by atoms with E-state index in [0.29, 0.717) is 10.2 Å². The second kappa shape index (κ2) is 10.8. The van der Waals surface area contributed by atoms with Crippen molar-refractivity contribution in [1.82, 2.24) is 4.48 Å². The highest BCUT2D eigenvalue weighted by Crippen LogP contribution is 2.43. The molecule has 0 saturated heterocycles. The predicted molar refractivity (Wildman–Crippen MR) is 131 cm³/mol. The monoisotopic (exact) mass is 440 g/mol. The molecule has 0 N–H and O–H groups in total. The van der Waals surface area contributed by atoms with E-state index in [9.17, 15) is 8.42 Å². The van der Waals surface area contributed by atoms with Crippen LogP contribution in [0.2, 0.25) is 0 Å². The summed E-state index contributed by atoms with van der Waals surface area (Å²) < 4.78 is 23.2. The van der Waals surface area contributed by atoms with Crippen molar-refractivity contribution in [3.8, 4) is 0 Å². The molecule has 0 fully saturated rings. The Bertz CT molecular complexity index is 894. The number of quaternary nitrogens is 1. The summed E-state index contributed by atoms with van der Waals surface area (Å²) in [4.78, 5) is 0. The Morgan fingerprint density at radius 1 is 0.633 bits per heavy atom. The molecule has 0 radical (unpaired) electrons. The first-order valence-electron chi connectivity index (χ1n) is 10.4. The third kappa shape index (κ3) is 5.97. The van der Waals surface area contributed by atoms with Crippen molar-refractivity contribution in [2.75, 3.05) is 18.6 Å². The van der Waals surface area contributed by atoms with Crippen LogP contribution in [-0.2, 0) is 8.87 Å². The topological polar surface area (TPSA) is 34.1 Å². The molecule has 0 bridgehead atoms. The largest absolute Gasteiger partial charge is 0.227 e. The molecule has 0 saturated carbocycles. The van der Waals surface area contributed by atoms with Crippen LogP contribution >= 0.6 is 10.8 Å². The van der Waals surface area contributed by atoms with Crippen molar-refractivity contribution in [3.63, 3.8) is 0 Å². The van der Waals surface area contributed by atoms with Crippen LogP contribution in [0.15, 0.2) is 91.0 Å². The third-order valence-electron chi connectivity index (χ3n) is 5.28. The van der Waals surface area contributed by atoms with E-state index in [1.54, 1.807) is 0 Å². The van der Waals surface area contributed by atoms with Gasteiger partial charge in [-0.1, -0.05) is 61.0 Å². The standard InChI is InChI=1S/C25H30NO2S2/c1-30(27,28)29-22-14-3-2-13-21-26(23-15-7-4-8-16-23,24-17-9-5-10-18-24)25-19-11-6-12-20-25/h4-12,15-20H,2-3,13-14,21-22H2,1H3/q+1. The second-order valence-corrected chi connectivity index (χ2v) is 12.1. The lowest BCUT2D eigenvalue weighted by atomic mass is 10.1. The van der Waals surface area contributed by atoms with Gasteiger partial charge in [-0.2, -0.15) is 0 Å². The molecule has 0 aliphatic carbocycles. The molecule has 3 nitrogen and oxygen atoms in total. The molecular formula is C25H30NO2S2+. The number of rotatable bonds is 11. The highest BCUT2D eigenvalue weighted by molar-refractivity contribution is 8.71. The van der Waals surface area contributed by atoms with E-state index >= 15 is 0 Å². The fourth-order valence-corrected chi connectivity index (χ4v) is 5.78. The summed E-state index contributed by atoms with van der Waals surface area (Å²) in [5.74, 6) is 0.675. The van der Waals surface area contributed by atoms with Gasteiger partial charge in [-0.3, -0.25) is 0 Å². The lowest BCUT2D eigenvalue weighted by molar-refractivity contribution is 0.481. The zero-order valence-electron chi connectivity index (χ0n) is 17.5. The van der Waals surface area contributed by atoms with Gasteiger partial charge in [-0.05, 0) is 66.5 Å². The van der Waals surface area contributed by atoms with Gasteiger partial charge < -0.3 is 0 Å². The summed E-state index contributed by atoms with van der Waals surface area (Å²) in [6, 6.07) is 32.1. The van der Waals surface area contributed by atoms with Crippen LogP contribution in [0.5, 0.6) is 0 Å². The van der Waals surface area contributed by atoms with Crippen molar-refractivity contribution < 1.29 is 8.42 Å². The van der Waals surface area contributed by atoms with E-state index in [-0.39, 0.29) is 0 Å². The van der Waals surface area contributed by atoms with E-state index in [2.05, 4.69) is 91.0 Å². The van der Waals surface area contributed by atoms with Crippen molar-refractivity contribution in [1.29, 1.82) is 0 Å². The zero-order valence-corrected chi connectivity index (χ0v) is 19.1. The van der Waals surface area contributed by atoms with Crippen LogP contribution in [0, 0.1) is 0 Å². The minimum absolute atomic E-state index is 0.675. The smallest absolute Gasteiger partial charge is 0.198 e. The molecule has 0 spiro atoms. The van der Waals surface area contributed by atoms with Gasteiger partial charge in [0.15, 0.2) is 8.87 Å². The second-order valence-electron chi connectivity index (χ2n) is 7.48. The van der Waals surface area contributed by atoms with Crippen molar-refractivity contribution >= 4 is 36.7 Å². The number of para-hydroxylation sites is 3. The molecule has 0 aliphatic rings. The van der Waals surface area contributed by atoms with Crippen LogP contribution in [0.25, 0.3) is 0 Å². The fourth-order valence-electron chi connectivity index (χ4n) is 3.90. The number of hydrogen-bond donors (Lipinski definition) is 0. The third-order valence-corrected chi connectivity index (χ3v) is 7.94. The van der Waals surface area contributed by atoms with Gasteiger partial charge in [0.05, 0.1) is 6.54 Å². The molecule has 3 aromatic rings. The van der Waals surface area contributed by atoms with Crippen molar-refractivity contribution in [3.05, 3.63) is 91.0 Å². The Labute approximate surface area is 184 Å². The lowest BCUT2D eigenvalue weighted by Gasteiger charge is -2.37. The molecule has 0 aromatic heterocycles. The maximum absolute atomic E-state index is 11.3. The maximum Gasteiger partial charge on any atom is 0.198 e. The molecule has 3 aromatic carbocycles. The molecule has 0 atom stereocenters. The molecule has 5 heteroatoms. The minimum Gasteiger partial charge on any atom is -0.227 e. The van der Waals surface area contributed by atoms with E-state index in [1.165, 1.54) is 23.3 Å². The Morgan fingerprint density at radius 2 is 1.03 bits per heavy atom. The summed E-state index contributed by atoms with van der Waals surface area (Å²) in [5, 5.41) is 0. The van der Waals surface area contributed by atoms with E-state index in [0.717, 1.165) is 43.0 Å². The molecule has 0 unspecified atom stereocenters. The normalized spacial score (nSPS) is 12.0. The highest BCUT2D eigenvalue weighted by atomic mass is 33.1. The van der Waals surface area contributed by atoms with Gasteiger partial charge in [0.25, 0.3) is 0 Å². The summed E-state index contributed by atoms with van der Waals surface area (Å²) in [6.07, 6.45) is 5.39. The Morgan fingerprint density at radius 3 is 1.43 bits per heavy atom. The average molecular weight is 441 g/mol. The molecule has 0 heterocycles.